The fraction of sp³-hybridized carbons (Fsp3) is 0.625. The van der Waals surface area contributed by atoms with Crippen molar-refractivity contribution >= 4 is 0 Å². The Morgan fingerprint density at radius 2 is 1.72 bits per heavy atom. The van der Waals surface area contributed by atoms with E-state index in [0.717, 1.165) is 18.0 Å². The summed E-state index contributed by atoms with van der Waals surface area (Å²) in [5, 5.41) is 0. The van der Waals surface area contributed by atoms with Crippen molar-refractivity contribution < 1.29 is 4.39 Å². The van der Waals surface area contributed by atoms with Crippen molar-refractivity contribution in [2.45, 2.75) is 45.8 Å². The number of alkyl halides is 1. The minimum Gasteiger partial charge on any atom is -0.299 e. The predicted octanol–water partition coefficient (Wildman–Crippen LogP) is 4.12. The van der Waals surface area contributed by atoms with Crippen LogP contribution in [0.2, 0.25) is 0 Å². The Morgan fingerprint density at radius 1 is 1.17 bits per heavy atom. The highest BCUT2D eigenvalue weighted by atomic mass is 19.1. The molecule has 2 heteroatoms. The van der Waals surface area contributed by atoms with Gasteiger partial charge in [0.1, 0.15) is 5.67 Å². The van der Waals surface area contributed by atoms with Crippen molar-refractivity contribution in [2.24, 2.45) is 5.92 Å². The lowest BCUT2D eigenvalue weighted by atomic mass is 9.97. The second-order valence-electron chi connectivity index (χ2n) is 6.13. The molecule has 0 spiro atoms. The van der Waals surface area contributed by atoms with Crippen molar-refractivity contribution in [3.63, 3.8) is 0 Å². The van der Waals surface area contributed by atoms with Gasteiger partial charge in [0.05, 0.1) is 0 Å². The van der Waals surface area contributed by atoms with E-state index >= 15 is 0 Å². The molecule has 1 aromatic carbocycles. The monoisotopic (exact) mass is 249 g/mol. The minimum atomic E-state index is -1.24. The van der Waals surface area contributed by atoms with Crippen LogP contribution in [0.1, 0.15) is 44.7 Å². The second kappa shape index (κ2) is 5.40. The zero-order valence-electron chi connectivity index (χ0n) is 11.7. The number of piperidine rings is 1. The highest BCUT2D eigenvalue weighted by Crippen LogP contribution is 2.25. The third kappa shape index (κ3) is 3.55. The Hall–Kier alpha value is -0.890. The maximum atomic E-state index is 13.7. The van der Waals surface area contributed by atoms with Crippen LogP contribution in [0, 0.1) is 5.92 Å². The highest BCUT2D eigenvalue weighted by molar-refractivity contribution is 5.26. The molecule has 0 aromatic heterocycles. The molecule has 1 fully saturated rings. The molecule has 1 aromatic rings. The molecule has 100 valence electrons. The fourth-order valence-electron chi connectivity index (χ4n) is 2.48. The number of hydrogen-bond acceptors (Lipinski definition) is 1. The molecule has 1 saturated heterocycles. The topological polar surface area (TPSA) is 3.24 Å². The van der Waals surface area contributed by atoms with Crippen LogP contribution in [0.3, 0.4) is 0 Å². The summed E-state index contributed by atoms with van der Waals surface area (Å²) in [6.45, 7) is 8.92. The van der Waals surface area contributed by atoms with E-state index in [1.54, 1.807) is 13.8 Å². The summed E-state index contributed by atoms with van der Waals surface area (Å²) in [4.78, 5) is 2.50. The first kappa shape index (κ1) is 13.5. The quantitative estimate of drug-likeness (QED) is 0.778. The molecule has 0 saturated carbocycles. The van der Waals surface area contributed by atoms with Gasteiger partial charge in [-0.2, -0.15) is 0 Å². The van der Waals surface area contributed by atoms with Gasteiger partial charge in [-0.1, -0.05) is 31.2 Å². The van der Waals surface area contributed by atoms with E-state index < -0.39 is 5.67 Å². The lowest BCUT2D eigenvalue weighted by molar-refractivity contribution is 0.185. The van der Waals surface area contributed by atoms with E-state index in [0.29, 0.717) is 0 Å². The standard InChI is InChI=1S/C16H24FN/c1-13-8-10-18(11-9-13)12-14-4-6-15(7-5-14)16(2,3)17/h4-7,13H,8-12H2,1-3H3. The molecule has 0 N–H and O–H groups in total. The van der Waals surface area contributed by atoms with E-state index in [9.17, 15) is 4.39 Å². The van der Waals surface area contributed by atoms with E-state index in [1.807, 2.05) is 12.1 Å². The molecule has 0 unspecified atom stereocenters. The van der Waals surface area contributed by atoms with E-state index in [4.69, 9.17) is 0 Å². The van der Waals surface area contributed by atoms with Gasteiger partial charge in [0, 0.05) is 6.54 Å². The van der Waals surface area contributed by atoms with Crippen LogP contribution < -0.4 is 0 Å². The molecule has 0 bridgehead atoms. The Labute approximate surface area is 110 Å². The number of benzene rings is 1. The van der Waals surface area contributed by atoms with E-state index in [2.05, 4.69) is 24.0 Å². The number of halogens is 1. The van der Waals surface area contributed by atoms with Crippen molar-refractivity contribution in [3.05, 3.63) is 35.4 Å². The number of nitrogens with zero attached hydrogens (tertiary/aromatic N) is 1. The summed E-state index contributed by atoms with van der Waals surface area (Å²) in [7, 11) is 0. The van der Waals surface area contributed by atoms with Crippen LogP contribution in [0.5, 0.6) is 0 Å². The molecular formula is C16H24FN. The van der Waals surface area contributed by atoms with Gasteiger partial charge in [0.2, 0.25) is 0 Å². The van der Waals surface area contributed by atoms with Gasteiger partial charge in [-0.05, 0) is 56.8 Å². The van der Waals surface area contributed by atoms with Crippen LogP contribution in [-0.2, 0) is 12.2 Å². The Morgan fingerprint density at radius 3 is 2.22 bits per heavy atom. The fourth-order valence-corrected chi connectivity index (χ4v) is 2.48. The molecule has 0 atom stereocenters. The molecule has 18 heavy (non-hydrogen) atoms. The van der Waals surface area contributed by atoms with Crippen LogP contribution in [0.4, 0.5) is 4.39 Å². The van der Waals surface area contributed by atoms with Gasteiger partial charge in [-0.15, -0.1) is 0 Å². The highest BCUT2D eigenvalue weighted by Gasteiger charge is 2.19. The van der Waals surface area contributed by atoms with Crippen molar-refractivity contribution in [3.8, 4) is 0 Å². The summed E-state index contributed by atoms with van der Waals surface area (Å²) in [5.74, 6) is 0.871. The normalized spacial score (nSPS) is 19.1. The lowest BCUT2D eigenvalue weighted by Crippen LogP contribution is -2.32. The number of hydrogen-bond donors (Lipinski definition) is 0. The zero-order valence-corrected chi connectivity index (χ0v) is 11.7. The molecule has 1 nitrogen and oxygen atoms in total. The average Bonchev–Trinajstić information content (AvgIpc) is 2.32. The van der Waals surface area contributed by atoms with Crippen molar-refractivity contribution in [1.29, 1.82) is 0 Å². The van der Waals surface area contributed by atoms with Crippen LogP contribution >= 0.6 is 0 Å². The van der Waals surface area contributed by atoms with E-state index in [-0.39, 0.29) is 0 Å². The summed E-state index contributed by atoms with van der Waals surface area (Å²) < 4.78 is 13.7. The van der Waals surface area contributed by atoms with Crippen molar-refractivity contribution in [1.82, 2.24) is 4.90 Å². The maximum absolute atomic E-state index is 13.7. The SMILES string of the molecule is CC1CCN(Cc2ccc(C(C)(C)F)cc2)CC1. The van der Waals surface area contributed by atoms with Gasteiger partial charge in [0.15, 0.2) is 0 Å². The third-order valence-corrected chi connectivity index (χ3v) is 3.92. The van der Waals surface area contributed by atoms with Gasteiger partial charge in [-0.25, -0.2) is 4.39 Å². The summed E-state index contributed by atoms with van der Waals surface area (Å²) in [6, 6.07) is 7.97. The smallest absolute Gasteiger partial charge is 0.130 e. The molecule has 1 aliphatic rings. The lowest BCUT2D eigenvalue weighted by Gasteiger charge is -2.30. The Bertz CT molecular complexity index is 369. The summed E-state index contributed by atoms with van der Waals surface area (Å²) in [6.07, 6.45) is 2.60. The van der Waals surface area contributed by atoms with Gasteiger partial charge in [-0.3, -0.25) is 4.90 Å². The first-order valence-electron chi connectivity index (χ1n) is 6.96. The Kier molecular flexibility index (Phi) is 4.06. The average molecular weight is 249 g/mol. The van der Waals surface area contributed by atoms with Gasteiger partial charge in [0.25, 0.3) is 0 Å². The molecule has 0 radical (unpaired) electrons. The van der Waals surface area contributed by atoms with E-state index in [1.165, 1.54) is 31.5 Å². The molecule has 1 aliphatic heterocycles. The minimum absolute atomic E-state index is 0.763. The summed E-state index contributed by atoms with van der Waals surface area (Å²) >= 11 is 0. The second-order valence-corrected chi connectivity index (χ2v) is 6.13. The molecule has 2 rings (SSSR count). The third-order valence-electron chi connectivity index (χ3n) is 3.92. The van der Waals surface area contributed by atoms with Gasteiger partial charge < -0.3 is 0 Å². The Balaban J connectivity index is 1.94. The predicted molar refractivity (Wildman–Crippen MR) is 74.3 cm³/mol. The molecule has 1 heterocycles. The summed E-state index contributed by atoms with van der Waals surface area (Å²) in [5.41, 5.74) is 0.815. The van der Waals surface area contributed by atoms with Crippen LogP contribution in [-0.4, -0.2) is 18.0 Å². The maximum Gasteiger partial charge on any atom is 0.130 e. The zero-order chi connectivity index (χ0) is 13.2. The number of rotatable bonds is 3. The van der Waals surface area contributed by atoms with Crippen molar-refractivity contribution in [2.75, 3.05) is 13.1 Å². The largest absolute Gasteiger partial charge is 0.299 e. The first-order chi connectivity index (χ1) is 8.45. The first-order valence-corrected chi connectivity index (χ1v) is 6.96. The molecular weight excluding hydrogens is 225 g/mol. The van der Waals surface area contributed by atoms with Gasteiger partial charge >= 0.3 is 0 Å². The number of likely N-dealkylation sites (tertiary alicyclic amines) is 1. The molecule has 0 aliphatic carbocycles. The molecule has 0 amide bonds. The van der Waals surface area contributed by atoms with Crippen LogP contribution in [0.15, 0.2) is 24.3 Å². The van der Waals surface area contributed by atoms with Crippen LogP contribution in [0.25, 0.3) is 0 Å².